The van der Waals surface area contributed by atoms with Crippen LogP contribution in [0.1, 0.15) is 43.0 Å². The predicted molar refractivity (Wildman–Crippen MR) is 93.4 cm³/mol. The number of hydrogen-bond acceptors (Lipinski definition) is 4. The molecular weight excluding hydrogens is 672 g/mol. The van der Waals surface area contributed by atoms with Crippen LogP contribution in [-0.4, -0.2) is 26.2 Å². The molecule has 0 spiro atoms. The van der Waals surface area contributed by atoms with E-state index in [1.165, 1.54) is 14.2 Å². The molecule has 0 aliphatic heterocycles. The Balaban J connectivity index is 0. The average molecular weight is 692 g/mol. The molecule has 0 radical (unpaired) electrons. The minimum Gasteiger partial charge on any atom is -0.467 e. The summed E-state index contributed by atoms with van der Waals surface area (Å²) in [6.45, 7) is 14.8. The molecule has 0 saturated carbocycles. The first-order valence-corrected chi connectivity index (χ1v) is 7.01. The van der Waals surface area contributed by atoms with E-state index in [0.717, 1.165) is 22.3 Å². The first kappa shape index (κ1) is 26.5. The Bertz CT molecular complexity index is 639. The maximum atomic E-state index is 11.0. The third-order valence-electron chi connectivity index (χ3n) is 2.95. The number of ether oxygens (including phenoxy) is 2. The van der Waals surface area contributed by atoms with Gasteiger partial charge < -0.3 is 9.47 Å². The zero-order chi connectivity index (χ0) is 18.3. The van der Waals surface area contributed by atoms with Crippen molar-refractivity contribution in [3.05, 3.63) is 97.5 Å². The predicted octanol–water partition coefficient (Wildman–Crippen LogP) is 3.67. The van der Waals surface area contributed by atoms with Crippen molar-refractivity contribution in [1.82, 2.24) is 0 Å². The number of carbonyl (C=O) groups excluding carboxylic acids is 2. The van der Waals surface area contributed by atoms with E-state index in [1.807, 2.05) is 0 Å². The number of hydrogen-bond donors (Lipinski definition) is 0. The van der Waals surface area contributed by atoms with Gasteiger partial charge in [0.25, 0.3) is 0 Å². The quantitative estimate of drug-likeness (QED) is 0.357. The van der Waals surface area contributed by atoms with Gasteiger partial charge in [0.05, 0.1) is 14.2 Å². The van der Waals surface area contributed by atoms with Crippen LogP contribution in [0.3, 0.4) is 0 Å². The van der Waals surface area contributed by atoms with Crippen LogP contribution in [0.2, 0.25) is 0 Å². The molecule has 2 aromatic carbocycles. The Morgan fingerprint density at radius 3 is 1.04 bits per heavy atom. The van der Waals surface area contributed by atoms with Crippen molar-refractivity contribution >= 4 is 11.9 Å². The minimum atomic E-state index is -0.356. The zero-order valence-electron chi connectivity index (χ0n) is 14.7. The topological polar surface area (TPSA) is 52.6 Å². The second-order valence-electron chi connectivity index (χ2n) is 5.06. The third kappa shape index (κ3) is 8.56. The molecule has 0 unspecified atom stereocenters. The molecule has 0 aliphatic rings. The Labute approximate surface area is 184 Å². The molecule has 0 amide bonds. The smallest absolute Gasteiger partial charge is 0.467 e. The van der Waals surface area contributed by atoms with Crippen molar-refractivity contribution in [3.63, 3.8) is 0 Å². The van der Waals surface area contributed by atoms with E-state index in [-0.39, 0.29) is 54.1 Å². The number of methoxy groups -OCH3 is 2. The molecule has 0 fully saturated rings. The summed E-state index contributed by atoms with van der Waals surface area (Å²) in [5.41, 5.74) is 4.06. The van der Waals surface area contributed by atoms with Gasteiger partial charge in [0.2, 0.25) is 0 Å². The number of rotatable bonds is 2. The second kappa shape index (κ2) is 12.6. The molecule has 2 aromatic rings. The van der Waals surface area contributed by atoms with Gasteiger partial charge in [0.1, 0.15) is 0 Å². The van der Waals surface area contributed by atoms with Gasteiger partial charge in [0, 0.05) is 0 Å². The molecular formula is C20H20O4W2. The second-order valence-corrected chi connectivity index (χ2v) is 5.06. The summed E-state index contributed by atoms with van der Waals surface area (Å²) in [5, 5.41) is 0. The van der Waals surface area contributed by atoms with Crippen LogP contribution in [0, 0.1) is 27.7 Å². The fourth-order valence-corrected chi connectivity index (χ4v) is 2.00. The first-order chi connectivity index (χ1) is 11.3. The molecule has 0 N–H and O–H groups in total. The van der Waals surface area contributed by atoms with Gasteiger partial charge >= 0.3 is 54.1 Å². The molecule has 0 heterocycles. The Morgan fingerprint density at radius 2 is 0.846 bits per heavy atom. The first-order valence-electron chi connectivity index (χ1n) is 7.01. The van der Waals surface area contributed by atoms with Crippen LogP contribution in [-0.2, 0) is 51.6 Å². The van der Waals surface area contributed by atoms with E-state index in [0.29, 0.717) is 11.1 Å². The van der Waals surface area contributed by atoms with Gasteiger partial charge in [-0.25, -0.2) is 9.59 Å². The minimum absolute atomic E-state index is 0. The van der Waals surface area contributed by atoms with Gasteiger partial charge in [-0.1, -0.05) is 11.1 Å². The van der Waals surface area contributed by atoms with E-state index in [4.69, 9.17) is 0 Å². The largest absolute Gasteiger partial charge is 2.00 e. The van der Waals surface area contributed by atoms with Gasteiger partial charge in [-0.3, -0.25) is 0 Å². The third-order valence-corrected chi connectivity index (χ3v) is 2.95. The average Bonchev–Trinajstić information content (AvgIpc) is 2.52. The molecule has 0 aromatic heterocycles. The molecule has 2 rings (SSSR count). The molecule has 0 saturated heterocycles. The van der Waals surface area contributed by atoms with E-state index in [2.05, 4.69) is 37.2 Å². The normalized spacial score (nSPS) is 8.69. The molecule has 6 heteroatoms. The number of carbonyl (C=O) groups is 2. The number of benzene rings is 2. The molecule has 4 nitrogen and oxygen atoms in total. The molecule has 0 atom stereocenters. The summed E-state index contributed by atoms with van der Waals surface area (Å²) in [6, 6.07) is 10.3. The Morgan fingerprint density at radius 1 is 0.615 bits per heavy atom. The van der Waals surface area contributed by atoms with Crippen LogP contribution in [0.15, 0.2) is 36.4 Å². The van der Waals surface area contributed by atoms with E-state index >= 15 is 0 Å². The Hall–Kier alpha value is -1.76. The maximum absolute atomic E-state index is 11.0. The summed E-state index contributed by atoms with van der Waals surface area (Å²) in [5.74, 6) is -0.712. The van der Waals surface area contributed by atoms with Crippen molar-refractivity contribution in [1.29, 1.82) is 0 Å². The van der Waals surface area contributed by atoms with Crippen molar-refractivity contribution in [3.8, 4) is 0 Å². The van der Waals surface area contributed by atoms with Crippen LogP contribution in [0.4, 0.5) is 0 Å². The van der Waals surface area contributed by atoms with Crippen molar-refractivity contribution in [2.24, 2.45) is 0 Å². The summed E-state index contributed by atoms with van der Waals surface area (Å²) in [7, 11) is 2.70. The van der Waals surface area contributed by atoms with Gasteiger partial charge in [0.15, 0.2) is 0 Å². The van der Waals surface area contributed by atoms with E-state index in [9.17, 15) is 9.59 Å². The van der Waals surface area contributed by atoms with Crippen LogP contribution in [0.25, 0.3) is 0 Å². The van der Waals surface area contributed by atoms with E-state index in [1.54, 1.807) is 36.4 Å². The van der Waals surface area contributed by atoms with Crippen molar-refractivity contribution in [2.75, 3.05) is 14.2 Å². The molecule has 26 heavy (non-hydrogen) atoms. The standard InChI is InChI=1S/2C10H10O2.2W/c2*1-7-4-8(2)6-9(5-7)10(11)12-3;;/h2*4-6H,1-2H2,3H3;;/q2*-2;2*+2. The summed E-state index contributed by atoms with van der Waals surface area (Å²) < 4.78 is 9.10. The Kier molecular flexibility index (Phi) is 12.8. The van der Waals surface area contributed by atoms with Crippen LogP contribution >= 0.6 is 0 Å². The monoisotopic (exact) mass is 692 g/mol. The molecule has 0 aliphatic carbocycles. The van der Waals surface area contributed by atoms with Crippen LogP contribution < -0.4 is 0 Å². The fourth-order valence-electron chi connectivity index (χ4n) is 2.00. The maximum Gasteiger partial charge on any atom is 2.00 e. The molecule has 0 bridgehead atoms. The zero-order valence-corrected chi connectivity index (χ0v) is 20.6. The summed E-state index contributed by atoms with van der Waals surface area (Å²) in [6.07, 6.45) is 0. The SMILES string of the molecule is [CH2-]c1cc([CH2-])cc(C(=O)OC)c1.[CH2-]c1cc([CH2-])cc(C(=O)OC)c1.[W+2].[W+2]. The van der Waals surface area contributed by atoms with Crippen LogP contribution in [0.5, 0.6) is 0 Å². The van der Waals surface area contributed by atoms with Gasteiger partial charge in [-0.2, -0.15) is 86.3 Å². The number of esters is 2. The molecule has 136 valence electrons. The van der Waals surface area contributed by atoms with Gasteiger partial charge in [-0.05, 0) is 0 Å². The fraction of sp³-hybridized carbons (Fsp3) is 0.100. The summed E-state index contributed by atoms with van der Waals surface area (Å²) >= 11 is 0. The van der Waals surface area contributed by atoms with Crippen molar-refractivity contribution in [2.45, 2.75) is 0 Å². The summed E-state index contributed by atoms with van der Waals surface area (Å²) in [4.78, 5) is 22.1. The van der Waals surface area contributed by atoms with Crippen molar-refractivity contribution < 1.29 is 61.2 Å². The van der Waals surface area contributed by atoms with Gasteiger partial charge in [-0.15, -0.1) is 0 Å². The van der Waals surface area contributed by atoms with E-state index < -0.39 is 0 Å².